The predicted molar refractivity (Wildman–Crippen MR) is 84.3 cm³/mol. The van der Waals surface area contributed by atoms with Crippen LogP contribution in [0.15, 0.2) is 46.9 Å². The number of amides is 1. The summed E-state index contributed by atoms with van der Waals surface area (Å²) in [5.74, 6) is -0.522. The van der Waals surface area contributed by atoms with Gasteiger partial charge in [0.15, 0.2) is 0 Å². The van der Waals surface area contributed by atoms with Crippen LogP contribution in [0.4, 0.5) is 10.1 Å². The van der Waals surface area contributed by atoms with E-state index in [1.165, 1.54) is 6.07 Å². The van der Waals surface area contributed by atoms with E-state index < -0.39 is 11.7 Å². The zero-order chi connectivity index (χ0) is 15.2. The molecular weight excluding hydrogens is 337 g/mol. The van der Waals surface area contributed by atoms with Crippen molar-refractivity contribution in [3.63, 3.8) is 0 Å². The highest BCUT2D eigenvalue weighted by Crippen LogP contribution is 2.25. The van der Waals surface area contributed by atoms with Gasteiger partial charge in [-0.25, -0.2) is 4.39 Å². The van der Waals surface area contributed by atoms with Crippen molar-refractivity contribution in [3.05, 3.63) is 58.3 Å². The van der Waals surface area contributed by atoms with Gasteiger partial charge in [-0.3, -0.25) is 4.79 Å². The number of anilines is 1. The molecule has 0 spiro atoms. The number of benzene rings is 2. The summed E-state index contributed by atoms with van der Waals surface area (Å²) in [4.78, 5) is 12.2. The number of carbonyl (C=O) groups excluding carboxylic acids is 1. The fourth-order valence-corrected chi connectivity index (χ4v) is 2.14. The standard InChI is InChI=1S/C16H15BrFNO2/c1-2-10-21-14-9-4-3-8-13(14)19-16(20)11-6-5-7-12(17)15(11)18/h3-9H,2,10H2,1H3,(H,19,20). The molecule has 0 aliphatic heterocycles. The number of nitrogens with one attached hydrogen (secondary N) is 1. The van der Waals surface area contributed by atoms with Crippen molar-refractivity contribution < 1.29 is 13.9 Å². The van der Waals surface area contributed by atoms with Gasteiger partial charge in [-0.05, 0) is 46.6 Å². The first-order chi connectivity index (χ1) is 10.1. The maximum atomic E-state index is 13.9. The highest BCUT2D eigenvalue weighted by molar-refractivity contribution is 9.10. The zero-order valence-electron chi connectivity index (χ0n) is 11.5. The molecule has 1 N–H and O–H groups in total. The normalized spacial score (nSPS) is 10.2. The van der Waals surface area contributed by atoms with Gasteiger partial charge in [0.25, 0.3) is 5.91 Å². The van der Waals surface area contributed by atoms with Crippen LogP contribution in [0.1, 0.15) is 23.7 Å². The smallest absolute Gasteiger partial charge is 0.258 e. The van der Waals surface area contributed by atoms with Crippen molar-refractivity contribution in [1.82, 2.24) is 0 Å². The van der Waals surface area contributed by atoms with Gasteiger partial charge in [0.1, 0.15) is 11.6 Å². The maximum absolute atomic E-state index is 13.9. The number of hydrogen-bond donors (Lipinski definition) is 1. The average Bonchev–Trinajstić information content (AvgIpc) is 2.49. The molecule has 110 valence electrons. The summed E-state index contributed by atoms with van der Waals surface area (Å²) in [7, 11) is 0. The van der Waals surface area contributed by atoms with E-state index in [4.69, 9.17) is 4.74 Å². The van der Waals surface area contributed by atoms with Crippen LogP contribution in [0, 0.1) is 5.82 Å². The Kier molecular flexibility index (Phi) is 5.33. The Labute approximate surface area is 131 Å². The fourth-order valence-electron chi connectivity index (χ4n) is 1.78. The van der Waals surface area contributed by atoms with Gasteiger partial charge in [-0.15, -0.1) is 0 Å². The lowest BCUT2D eigenvalue weighted by Gasteiger charge is -2.12. The summed E-state index contributed by atoms with van der Waals surface area (Å²) in [6, 6.07) is 11.7. The second-order valence-corrected chi connectivity index (χ2v) is 5.25. The minimum Gasteiger partial charge on any atom is -0.491 e. The molecule has 0 unspecified atom stereocenters. The topological polar surface area (TPSA) is 38.3 Å². The molecule has 0 atom stereocenters. The second kappa shape index (κ2) is 7.22. The molecule has 2 aromatic rings. The van der Waals surface area contributed by atoms with Gasteiger partial charge in [-0.1, -0.05) is 25.1 Å². The van der Waals surface area contributed by atoms with Crippen molar-refractivity contribution in [2.45, 2.75) is 13.3 Å². The van der Waals surface area contributed by atoms with E-state index in [0.717, 1.165) is 6.42 Å². The first kappa shape index (κ1) is 15.5. The molecule has 0 fully saturated rings. The lowest BCUT2D eigenvalue weighted by atomic mass is 10.2. The summed E-state index contributed by atoms with van der Waals surface area (Å²) in [5, 5.41) is 2.68. The van der Waals surface area contributed by atoms with Crippen LogP contribution in [0.3, 0.4) is 0 Å². The quantitative estimate of drug-likeness (QED) is 0.852. The van der Waals surface area contributed by atoms with Crippen LogP contribution in [-0.4, -0.2) is 12.5 Å². The lowest BCUT2D eigenvalue weighted by Crippen LogP contribution is -2.15. The van der Waals surface area contributed by atoms with E-state index in [0.29, 0.717) is 18.0 Å². The predicted octanol–water partition coefficient (Wildman–Crippen LogP) is 4.63. The summed E-state index contributed by atoms with van der Waals surface area (Å²) < 4.78 is 19.7. The average molecular weight is 352 g/mol. The Balaban J connectivity index is 2.22. The fraction of sp³-hybridized carbons (Fsp3) is 0.188. The molecule has 0 aliphatic carbocycles. The molecule has 21 heavy (non-hydrogen) atoms. The molecule has 0 saturated heterocycles. The third kappa shape index (κ3) is 3.82. The summed E-state index contributed by atoms with van der Waals surface area (Å²) in [5.41, 5.74) is 0.505. The van der Waals surface area contributed by atoms with E-state index in [9.17, 15) is 9.18 Å². The van der Waals surface area contributed by atoms with Crippen LogP contribution >= 0.6 is 15.9 Å². The number of ether oxygens (including phenoxy) is 1. The Hall–Kier alpha value is -1.88. The molecule has 0 aliphatic rings. The molecule has 0 heterocycles. The molecule has 1 amide bonds. The van der Waals surface area contributed by atoms with Crippen LogP contribution in [0.2, 0.25) is 0 Å². The molecule has 5 heteroatoms. The monoisotopic (exact) mass is 351 g/mol. The highest BCUT2D eigenvalue weighted by Gasteiger charge is 2.15. The number of para-hydroxylation sites is 2. The lowest BCUT2D eigenvalue weighted by molar-refractivity contribution is 0.102. The third-order valence-electron chi connectivity index (χ3n) is 2.79. The van der Waals surface area contributed by atoms with Crippen molar-refractivity contribution in [3.8, 4) is 5.75 Å². The zero-order valence-corrected chi connectivity index (χ0v) is 13.1. The second-order valence-electron chi connectivity index (χ2n) is 4.40. The summed E-state index contributed by atoms with van der Waals surface area (Å²) in [6.07, 6.45) is 0.864. The Bertz CT molecular complexity index is 646. The van der Waals surface area contributed by atoms with Crippen molar-refractivity contribution >= 4 is 27.5 Å². The van der Waals surface area contributed by atoms with Gasteiger partial charge in [0.2, 0.25) is 0 Å². The van der Waals surface area contributed by atoms with Gasteiger partial charge in [0.05, 0.1) is 22.3 Å². The molecule has 0 saturated carbocycles. The van der Waals surface area contributed by atoms with E-state index in [1.54, 1.807) is 30.3 Å². The minimum absolute atomic E-state index is 0.0188. The van der Waals surface area contributed by atoms with Gasteiger partial charge in [0, 0.05) is 0 Å². The van der Waals surface area contributed by atoms with Crippen molar-refractivity contribution in [2.75, 3.05) is 11.9 Å². The van der Waals surface area contributed by atoms with E-state index >= 15 is 0 Å². The number of halogens is 2. The molecule has 0 radical (unpaired) electrons. The summed E-state index contributed by atoms with van der Waals surface area (Å²) >= 11 is 3.07. The highest BCUT2D eigenvalue weighted by atomic mass is 79.9. The van der Waals surface area contributed by atoms with Crippen molar-refractivity contribution in [1.29, 1.82) is 0 Å². The molecule has 2 aromatic carbocycles. The van der Waals surface area contributed by atoms with Crippen LogP contribution in [-0.2, 0) is 0 Å². The van der Waals surface area contributed by atoms with E-state index in [2.05, 4.69) is 21.2 Å². The first-order valence-electron chi connectivity index (χ1n) is 6.60. The molecular formula is C16H15BrFNO2. The van der Waals surface area contributed by atoms with E-state index in [-0.39, 0.29) is 10.0 Å². The third-order valence-corrected chi connectivity index (χ3v) is 3.41. The first-order valence-corrected chi connectivity index (χ1v) is 7.40. The minimum atomic E-state index is -0.582. The molecule has 0 aromatic heterocycles. The molecule has 0 bridgehead atoms. The Morgan fingerprint density at radius 1 is 1.24 bits per heavy atom. The van der Waals surface area contributed by atoms with E-state index in [1.807, 2.05) is 13.0 Å². The van der Waals surface area contributed by atoms with Crippen LogP contribution < -0.4 is 10.1 Å². The number of hydrogen-bond acceptors (Lipinski definition) is 2. The number of carbonyl (C=O) groups is 1. The summed E-state index contributed by atoms with van der Waals surface area (Å²) in [6.45, 7) is 2.55. The van der Waals surface area contributed by atoms with Gasteiger partial charge >= 0.3 is 0 Å². The molecule has 2 rings (SSSR count). The van der Waals surface area contributed by atoms with Gasteiger partial charge in [-0.2, -0.15) is 0 Å². The van der Waals surface area contributed by atoms with Gasteiger partial charge < -0.3 is 10.1 Å². The Morgan fingerprint density at radius 3 is 2.76 bits per heavy atom. The van der Waals surface area contributed by atoms with Crippen LogP contribution in [0.25, 0.3) is 0 Å². The maximum Gasteiger partial charge on any atom is 0.258 e. The number of rotatable bonds is 5. The Morgan fingerprint density at radius 2 is 2.00 bits per heavy atom. The SMILES string of the molecule is CCCOc1ccccc1NC(=O)c1cccc(Br)c1F. The largest absolute Gasteiger partial charge is 0.491 e. The van der Waals surface area contributed by atoms with Crippen LogP contribution in [0.5, 0.6) is 5.75 Å². The van der Waals surface area contributed by atoms with Crippen molar-refractivity contribution in [2.24, 2.45) is 0 Å². The molecule has 3 nitrogen and oxygen atoms in total.